The summed E-state index contributed by atoms with van der Waals surface area (Å²) in [4.78, 5) is 17.9. The van der Waals surface area contributed by atoms with E-state index in [0.717, 1.165) is 35.0 Å². The fraction of sp³-hybridized carbons (Fsp3) is 0.321. The molecular formula is C28H31ClN2O4S. The summed E-state index contributed by atoms with van der Waals surface area (Å²) in [6.45, 7) is 3.43. The fourth-order valence-electron chi connectivity index (χ4n) is 4.21. The number of amides is 1. The summed E-state index contributed by atoms with van der Waals surface area (Å²) in [5.41, 5.74) is 2.14. The number of halogens is 1. The molecule has 6 nitrogen and oxygen atoms in total. The molecule has 0 bridgehead atoms. The van der Waals surface area contributed by atoms with E-state index in [4.69, 9.17) is 21.1 Å². The lowest BCUT2D eigenvalue weighted by molar-refractivity contribution is 0.0276. The normalized spacial score (nSPS) is 16.9. The molecule has 0 spiro atoms. The molecule has 1 heterocycles. The van der Waals surface area contributed by atoms with Crippen molar-refractivity contribution in [2.24, 2.45) is 0 Å². The fourth-order valence-corrected chi connectivity index (χ4v) is 4.94. The Labute approximate surface area is 220 Å². The Hall–Kier alpha value is -2.87. The molecule has 2 atom stereocenters. The molecule has 2 unspecified atom stereocenters. The number of piperazine rings is 1. The average Bonchev–Trinajstić information content (AvgIpc) is 2.90. The maximum absolute atomic E-state index is 13.0. The lowest BCUT2D eigenvalue weighted by Crippen LogP contribution is -2.57. The standard InChI is InChI=1S/C28H31ClN2O4S/c1-36(33)27-12-10-26(11-13-27)34-21-25-19-30(15-14-22-8-5-9-24(29)18-22)16-17-31(25)28(32)35-20-23-6-3-2-4-7-23/h2-13,18,25H,14-17,19-21H2,1H3. The number of hydrogen-bond acceptors (Lipinski definition) is 5. The van der Waals surface area contributed by atoms with Crippen LogP contribution in [0, 0.1) is 0 Å². The van der Waals surface area contributed by atoms with Gasteiger partial charge in [0.15, 0.2) is 0 Å². The number of nitrogens with zero attached hydrogens (tertiary/aromatic N) is 2. The van der Waals surface area contributed by atoms with E-state index in [0.29, 0.717) is 25.4 Å². The summed E-state index contributed by atoms with van der Waals surface area (Å²) in [7, 11) is -1.04. The molecule has 0 N–H and O–H groups in total. The molecule has 0 aliphatic carbocycles. The summed E-state index contributed by atoms with van der Waals surface area (Å²) < 4.78 is 23.4. The van der Waals surface area contributed by atoms with Crippen LogP contribution in [-0.4, -0.2) is 65.2 Å². The Morgan fingerprint density at radius 3 is 2.47 bits per heavy atom. The smallest absolute Gasteiger partial charge is 0.410 e. The van der Waals surface area contributed by atoms with Crippen LogP contribution in [0.1, 0.15) is 11.1 Å². The van der Waals surface area contributed by atoms with Gasteiger partial charge in [0.05, 0.1) is 6.04 Å². The van der Waals surface area contributed by atoms with Crippen LogP contribution in [0.25, 0.3) is 0 Å². The molecule has 1 aliphatic heterocycles. The van der Waals surface area contributed by atoms with Crippen molar-refractivity contribution < 1.29 is 18.5 Å². The van der Waals surface area contributed by atoms with E-state index in [1.807, 2.05) is 60.7 Å². The highest BCUT2D eigenvalue weighted by Gasteiger charge is 2.32. The highest BCUT2D eigenvalue weighted by molar-refractivity contribution is 7.84. The number of ether oxygens (including phenoxy) is 2. The molecular weight excluding hydrogens is 496 g/mol. The molecule has 0 radical (unpaired) electrons. The summed E-state index contributed by atoms with van der Waals surface area (Å²) in [5, 5.41) is 0.739. The van der Waals surface area contributed by atoms with Gasteiger partial charge in [-0.1, -0.05) is 54.1 Å². The molecule has 190 valence electrons. The van der Waals surface area contributed by atoms with Crippen molar-refractivity contribution in [2.75, 3.05) is 39.0 Å². The monoisotopic (exact) mass is 526 g/mol. The molecule has 4 rings (SSSR count). The van der Waals surface area contributed by atoms with Gasteiger partial charge in [0.25, 0.3) is 0 Å². The first-order chi connectivity index (χ1) is 17.5. The molecule has 1 saturated heterocycles. The van der Waals surface area contributed by atoms with Crippen molar-refractivity contribution in [1.29, 1.82) is 0 Å². The van der Waals surface area contributed by atoms with Crippen LogP contribution in [0.15, 0.2) is 83.8 Å². The van der Waals surface area contributed by atoms with Crippen molar-refractivity contribution in [1.82, 2.24) is 9.80 Å². The van der Waals surface area contributed by atoms with Gasteiger partial charge in [-0.25, -0.2) is 4.79 Å². The quantitative estimate of drug-likeness (QED) is 0.392. The van der Waals surface area contributed by atoms with Crippen LogP contribution in [0.3, 0.4) is 0 Å². The summed E-state index contributed by atoms with van der Waals surface area (Å²) in [6.07, 6.45) is 2.19. The molecule has 3 aromatic rings. The Kier molecular flexibility index (Phi) is 9.39. The van der Waals surface area contributed by atoms with Crippen molar-refractivity contribution in [3.05, 3.63) is 95.0 Å². The highest BCUT2D eigenvalue weighted by atomic mass is 35.5. The highest BCUT2D eigenvalue weighted by Crippen LogP contribution is 2.19. The first-order valence-electron chi connectivity index (χ1n) is 12.0. The lowest BCUT2D eigenvalue weighted by Gasteiger charge is -2.40. The van der Waals surface area contributed by atoms with Crippen molar-refractivity contribution in [3.63, 3.8) is 0 Å². The van der Waals surface area contributed by atoms with Crippen molar-refractivity contribution in [2.45, 2.75) is 24.0 Å². The topological polar surface area (TPSA) is 59.1 Å². The van der Waals surface area contributed by atoms with Gasteiger partial charge in [-0.15, -0.1) is 0 Å². The number of benzene rings is 3. The second-order valence-corrected chi connectivity index (χ2v) is 10.6. The summed E-state index contributed by atoms with van der Waals surface area (Å²) in [5.74, 6) is 0.679. The summed E-state index contributed by atoms with van der Waals surface area (Å²) >= 11 is 6.14. The molecule has 0 saturated carbocycles. The van der Waals surface area contributed by atoms with Crippen molar-refractivity contribution in [3.8, 4) is 5.75 Å². The summed E-state index contributed by atoms with van der Waals surface area (Å²) in [6, 6.07) is 24.7. The first kappa shape index (κ1) is 26.2. The number of carbonyl (C=O) groups is 1. The number of hydrogen-bond donors (Lipinski definition) is 0. The van der Waals surface area contributed by atoms with Crippen LogP contribution in [-0.2, 0) is 28.6 Å². The van der Waals surface area contributed by atoms with E-state index >= 15 is 0 Å². The van der Waals surface area contributed by atoms with Crippen LogP contribution in [0.4, 0.5) is 4.79 Å². The Morgan fingerprint density at radius 1 is 1.00 bits per heavy atom. The van der Waals surface area contributed by atoms with Crippen LogP contribution in [0.2, 0.25) is 5.02 Å². The van der Waals surface area contributed by atoms with E-state index in [1.165, 1.54) is 5.56 Å². The zero-order valence-corrected chi connectivity index (χ0v) is 21.9. The first-order valence-corrected chi connectivity index (χ1v) is 13.9. The molecule has 1 fully saturated rings. The lowest BCUT2D eigenvalue weighted by atomic mass is 10.1. The second kappa shape index (κ2) is 12.9. The van der Waals surface area contributed by atoms with E-state index in [-0.39, 0.29) is 18.7 Å². The second-order valence-electron chi connectivity index (χ2n) is 8.80. The van der Waals surface area contributed by atoms with Crippen molar-refractivity contribution >= 4 is 28.5 Å². The SMILES string of the molecule is CS(=O)c1ccc(OCC2CN(CCc3cccc(Cl)c3)CCN2C(=O)OCc2ccccc2)cc1. The largest absolute Gasteiger partial charge is 0.491 e. The molecule has 1 aliphatic rings. The van der Waals surface area contributed by atoms with Gasteiger partial charge in [0, 0.05) is 53.2 Å². The average molecular weight is 527 g/mol. The maximum Gasteiger partial charge on any atom is 0.410 e. The van der Waals surface area contributed by atoms with Gasteiger partial charge in [-0.2, -0.15) is 0 Å². The number of carbonyl (C=O) groups excluding carboxylic acids is 1. The van der Waals surface area contributed by atoms with Gasteiger partial charge in [-0.3, -0.25) is 14.0 Å². The zero-order chi connectivity index (χ0) is 25.3. The third-order valence-corrected chi connectivity index (χ3v) is 7.38. The molecule has 1 amide bonds. The van der Waals surface area contributed by atoms with Crippen LogP contribution < -0.4 is 4.74 Å². The van der Waals surface area contributed by atoms with Gasteiger partial charge in [0.2, 0.25) is 0 Å². The van der Waals surface area contributed by atoms with E-state index < -0.39 is 10.8 Å². The van der Waals surface area contributed by atoms with Gasteiger partial charge in [-0.05, 0) is 53.9 Å². The Bertz CT molecular complexity index is 1160. The molecule has 8 heteroatoms. The third-order valence-electron chi connectivity index (χ3n) is 6.21. The predicted octanol–water partition coefficient (Wildman–Crippen LogP) is 5.02. The van der Waals surface area contributed by atoms with E-state index in [2.05, 4.69) is 11.0 Å². The Morgan fingerprint density at radius 2 is 1.75 bits per heavy atom. The third kappa shape index (κ3) is 7.56. The predicted molar refractivity (Wildman–Crippen MR) is 143 cm³/mol. The maximum atomic E-state index is 13.0. The van der Waals surface area contributed by atoms with E-state index in [9.17, 15) is 9.00 Å². The zero-order valence-electron chi connectivity index (χ0n) is 20.3. The van der Waals surface area contributed by atoms with Crippen LogP contribution in [0.5, 0.6) is 5.75 Å². The molecule has 36 heavy (non-hydrogen) atoms. The van der Waals surface area contributed by atoms with Crippen LogP contribution >= 0.6 is 11.6 Å². The Balaban J connectivity index is 1.39. The minimum atomic E-state index is -1.04. The van der Waals surface area contributed by atoms with E-state index in [1.54, 1.807) is 23.3 Å². The van der Waals surface area contributed by atoms with Gasteiger partial charge >= 0.3 is 6.09 Å². The molecule has 0 aromatic heterocycles. The number of rotatable bonds is 9. The minimum absolute atomic E-state index is 0.165. The van der Waals surface area contributed by atoms with Gasteiger partial charge in [0.1, 0.15) is 19.0 Å². The molecule has 3 aromatic carbocycles. The minimum Gasteiger partial charge on any atom is -0.491 e. The van der Waals surface area contributed by atoms with Gasteiger partial charge < -0.3 is 9.47 Å².